The Kier molecular flexibility index (Phi) is 4.36. The molecule has 0 aromatic heterocycles. The fourth-order valence-electron chi connectivity index (χ4n) is 1.63. The van der Waals surface area contributed by atoms with E-state index in [1.165, 1.54) is 12.1 Å². The number of nitrogens with two attached hydrogens (primary N) is 1. The molecule has 0 heterocycles. The van der Waals surface area contributed by atoms with E-state index in [1.54, 1.807) is 24.3 Å². The zero-order valence-electron chi connectivity index (χ0n) is 11.0. The highest BCUT2D eigenvalue weighted by molar-refractivity contribution is 5.92. The van der Waals surface area contributed by atoms with Crippen molar-refractivity contribution in [3.63, 3.8) is 0 Å². The highest BCUT2D eigenvalue weighted by Crippen LogP contribution is 2.20. The summed E-state index contributed by atoms with van der Waals surface area (Å²) >= 11 is 0. The van der Waals surface area contributed by atoms with E-state index in [4.69, 9.17) is 15.7 Å². The monoisotopic (exact) mass is 285 g/mol. The van der Waals surface area contributed by atoms with Gasteiger partial charge in [0.05, 0.1) is 23.0 Å². The van der Waals surface area contributed by atoms with Crippen molar-refractivity contribution in [3.05, 3.63) is 53.8 Å². The zero-order chi connectivity index (χ0) is 15.2. The van der Waals surface area contributed by atoms with Crippen molar-refractivity contribution in [2.75, 3.05) is 17.7 Å². The van der Waals surface area contributed by atoms with Crippen LogP contribution in [0, 0.1) is 17.1 Å². The fraction of sp³-hybridized carbons (Fsp3) is 0.0667. The van der Waals surface area contributed by atoms with Gasteiger partial charge < -0.3 is 15.8 Å². The molecule has 0 fully saturated rings. The maximum atomic E-state index is 13.6. The van der Waals surface area contributed by atoms with E-state index < -0.39 is 11.7 Å². The van der Waals surface area contributed by atoms with Crippen LogP contribution in [0.3, 0.4) is 0 Å². The van der Waals surface area contributed by atoms with Crippen LogP contribution in [0.2, 0.25) is 0 Å². The number of hydrogen-bond donors (Lipinski definition) is 2. The predicted molar refractivity (Wildman–Crippen MR) is 76.1 cm³/mol. The Balaban J connectivity index is 1.96. The van der Waals surface area contributed by atoms with Crippen molar-refractivity contribution < 1.29 is 13.9 Å². The summed E-state index contributed by atoms with van der Waals surface area (Å²) in [4.78, 5) is 11.7. The summed E-state index contributed by atoms with van der Waals surface area (Å²) in [5.41, 5.74) is 6.25. The highest BCUT2D eigenvalue weighted by atomic mass is 19.1. The van der Waals surface area contributed by atoms with Crippen LogP contribution in [-0.2, 0) is 4.79 Å². The average molecular weight is 285 g/mol. The molecule has 0 spiro atoms. The Morgan fingerprint density at radius 3 is 2.76 bits per heavy atom. The van der Waals surface area contributed by atoms with Gasteiger partial charge in [0.15, 0.2) is 6.61 Å². The number of carbonyl (C=O) groups excluding carboxylic acids is 1. The molecule has 2 aromatic rings. The first-order chi connectivity index (χ1) is 10.1. The van der Waals surface area contributed by atoms with E-state index >= 15 is 0 Å². The van der Waals surface area contributed by atoms with Gasteiger partial charge in [-0.2, -0.15) is 5.26 Å². The molecule has 0 radical (unpaired) electrons. The molecule has 106 valence electrons. The number of nitrogens with zero attached hydrogens (tertiary/aromatic N) is 1. The molecule has 0 saturated carbocycles. The maximum Gasteiger partial charge on any atom is 0.262 e. The summed E-state index contributed by atoms with van der Waals surface area (Å²) in [6, 6.07) is 12.3. The number of benzene rings is 2. The van der Waals surface area contributed by atoms with Crippen LogP contribution in [0.5, 0.6) is 5.75 Å². The maximum absolute atomic E-state index is 13.6. The summed E-state index contributed by atoms with van der Waals surface area (Å²) in [5, 5.41) is 11.0. The number of nitrogens with one attached hydrogen (secondary N) is 1. The topological polar surface area (TPSA) is 88.1 Å². The molecule has 2 aromatic carbocycles. The van der Waals surface area contributed by atoms with Gasteiger partial charge in [0.25, 0.3) is 5.91 Å². The van der Waals surface area contributed by atoms with E-state index in [9.17, 15) is 9.18 Å². The largest absolute Gasteiger partial charge is 0.482 e. The molecule has 0 aliphatic carbocycles. The third-order valence-electron chi connectivity index (χ3n) is 2.65. The van der Waals surface area contributed by atoms with Gasteiger partial charge in [-0.05, 0) is 30.3 Å². The zero-order valence-corrected chi connectivity index (χ0v) is 11.0. The number of anilines is 2. The molecule has 5 nitrogen and oxygen atoms in total. The Labute approximate surface area is 120 Å². The average Bonchev–Trinajstić information content (AvgIpc) is 2.48. The van der Waals surface area contributed by atoms with Crippen LogP contribution in [0.4, 0.5) is 15.8 Å². The SMILES string of the molecule is N#Cc1ccc(NC(=O)COc2ccccc2N)c(F)c1. The van der Waals surface area contributed by atoms with Gasteiger partial charge in [0, 0.05) is 0 Å². The number of amides is 1. The number of para-hydroxylation sites is 2. The second-order valence-corrected chi connectivity index (χ2v) is 4.18. The molecule has 1 amide bonds. The Bertz CT molecular complexity index is 710. The van der Waals surface area contributed by atoms with Crippen molar-refractivity contribution in [2.45, 2.75) is 0 Å². The van der Waals surface area contributed by atoms with Gasteiger partial charge in [-0.25, -0.2) is 4.39 Å². The standard InChI is InChI=1S/C15H12FN3O2/c16-11-7-10(8-17)5-6-13(11)19-15(20)9-21-14-4-2-1-3-12(14)18/h1-7H,9,18H2,(H,19,20). The first-order valence-electron chi connectivity index (χ1n) is 6.07. The number of halogens is 1. The number of nitrogen functional groups attached to an aromatic ring is 1. The van der Waals surface area contributed by atoms with E-state index in [0.29, 0.717) is 11.4 Å². The lowest BCUT2D eigenvalue weighted by atomic mass is 10.2. The molecule has 0 atom stereocenters. The molecule has 21 heavy (non-hydrogen) atoms. The van der Waals surface area contributed by atoms with Crippen LogP contribution >= 0.6 is 0 Å². The lowest BCUT2D eigenvalue weighted by Gasteiger charge is -2.09. The Morgan fingerprint density at radius 1 is 1.33 bits per heavy atom. The van der Waals surface area contributed by atoms with Gasteiger partial charge in [-0.1, -0.05) is 12.1 Å². The molecule has 0 aliphatic rings. The lowest BCUT2D eigenvalue weighted by Crippen LogP contribution is -2.21. The van der Waals surface area contributed by atoms with E-state index in [-0.39, 0.29) is 17.9 Å². The normalized spacial score (nSPS) is 9.71. The van der Waals surface area contributed by atoms with Crippen LogP contribution < -0.4 is 15.8 Å². The summed E-state index contributed by atoms with van der Waals surface area (Å²) in [6.07, 6.45) is 0. The van der Waals surface area contributed by atoms with Crippen LogP contribution in [0.1, 0.15) is 5.56 Å². The molecular formula is C15H12FN3O2. The molecular weight excluding hydrogens is 273 g/mol. The van der Waals surface area contributed by atoms with Crippen molar-refractivity contribution >= 4 is 17.3 Å². The molecule has 2 rings (SSSR count). The van der Waals surface area contributed by atoms with Crippen molar-refractivity contribution in [2.24, 2.45) is 0 Å². The van der Waals surface area contributed by atoms with E-state index in [1.807, 2.05) is 6.07 Å². The Hall–Kier alpha value is -3.07. The number of nitriles is 1. The first kappa shape index (κ1) is 14.3. The van der Waals surface area contributed by atoms with Crippen molar-refractivity contribution in [1.82, 2.24) is 0 Å². The molecule has 0 aliphatic heterocycles. The molecule has 0 saturated heterocycles. The smallest absolute Gasteiger partial charge is 0.262 e. The van der Waals surface area contributed by atoms with Crippen LogP contribution in [-0.4, -0.2) is 12.5 Å². The van der Waals surface area contributed by atoms with Crippen LogP contribution in [0.25, 0.3) is 0 Å². The Morgan fingerprint density at radius 2 is 2.10 bits per heavy atom. The number of ether oxygens (including phenoxy) is 1. The predicted octanol–water partition coefficient (Wildman–Crippen LogP) is 2.30. The molecule has 0 bridgehead atoms. The minimum atomic E-state index is -0.679. The highest BCUT2D eigenvalue weighted by Gasteiger charge is 2.09. The second-order valence-electron chi connectivity index (χ2n) is 4.18. The van der Waals surface area contributed by atoms with E-state index in [0.717, 1.165) is 6.07 Å². The summed E-state index contributed by atoms with van der Waals surface area (Å²) < 4.78 is 18.8. The quantitative estimate of drug-likeness (QED) is 0.844. The minimum absolute atomic E-state index is 0.0105. The second kappa shape index (κ2) is 6.39. The van der Waals surface area contributed by atoms with Gasteiger partial charge >= 0.3 is 0 Å². The van der Waals surface area contributed by atoms with Crippen molar-refractivity contribution in [3.8, 4) is 11.8 Å². The summed E-state index contributed by atoms with van der Waals surface area (Å²) in [5.74, 6) is -0.823. The lowest BCUT2D eigenvalue weighted by molar-refractivity contribution is -0.118. The van der Waals surface area contributed by atoms with Crippen LogP contribution in [0.15, 0.2) is 42.5 Å². The number of hydrogen-bond acceptors (Lipinski definition) is 4. The first-order valence-corrected chi connectivity index (χ1v) is 6.07. The summed E-state index contributed by atoms with van der Waals surface area (Å²) in [7, 11) is 0. The number of rotatable bonds is 4. The van der Waals surface area contributed by atoms with Gasteiger partial charge in [-0.15, -0.1) is 0 Å². The van der Waals surface area contributed by atoms with Gasteiger partial charge in [0.1, 0.15) is 11.6 Å². The van der Waals surface area contributed by atoms with Gasteiger partial charge in [0.2, 0.25) is 0 Å². The van der Waals surface area contributed by atoms with Crippen molar-refractivity contribution in [1.29, 1.82) is 5.26 Å². The number of carbonyl (C=O) groups is 1. The third-order valence-corrected chi connectivity index (χ3v) is 2.65. The fourth-order valence-corrected chi connectivity index (χ4v) is 1.63. The molecule has 3 N–H and O–H groups in total. The minimum Gasteiger partial charge on any atom is -0.482 e. The molecule has 6 heteroatoms. The summed E-state index contributed by atoms with van der Waals surface area (Å²) in [6.45, 7) is -0.298. The van der Waals surface area contributed by atoms with E-state index in [2.05, 4.69) is 5.32 Å². The van der Waals surface area contributed by atoms with Gasteiger partial charge in [-0.3, -0.25) is 4.79 Å². The third kappa shape index (κ3) is 3.70. The molecule has 0 unspecified atom stereocenters.